The molecule has 0 radical (unpaired) electrons. The second kappa shape index (κ2) is 13.4. The third-order valence-corrected chi connectivity index (χ3v) is 9.34. The van der Waals surface area contributed by atoms with Gasteiger partial charge in [-0.3, -0.25) is 0 Å². The number of carbonyl (C=O) groups excluding carboxylic acids is 1. The number of rotatable bonds is 11. The monoisotopic (exact) mass is 637 g/mol. The zero-order valence-electron chi connectivity index (χ0n) is 25.8. The van der Waals surface area contributed by atoms with Gasteiger partial charge in [0, 0.05) is 49.5 Å². The van der Waals surface area contributed by atoms with Crippen LogP contribution in [0.15, 0.2) is 79.0 Å². The minimum atomic E-state index is -0.526. The van der Waals surface area contributed by atoms with Gasteiger partial charge in [0.25, 0.3) is 0 Å². The molecule has 1 aliphatic heterocycles. The zero-order valence-corrected chi connectivity index (χ0v) is 26.6. The quantitative estimate of drug-likeness (QED) is 0.0940. The maximum absolute atomic E-state index is 12.7. The van der Waals surface area contributed by atoms with Gasteiger partial charge in [0.15, 0.2) is 6.29 Å². The van der Waals surface area contributed by atoms with Crippen LogP contribution in [0.2, 0.25) is 0 Å². The second-order valence-electron chi connectivity index (χ2n) is 11.4. The van der Waals surface area contributed by atoms with Crippen molar-refractivity contribution in [3.8, 4) is 21.8 Å². The molecule has 11 nitrogen and oxygen atoms in total. The molecule has 3 aromatic carbocycles. The average Bonchev–Trinajstić information content (AvgIpc) is 3.81. The van der Waals surface area contributed by atoms with Crippen LogP contribution in [0.25, 0.3) is 37.8 Å². The number of fused-ring (bicyclic) bond motifs is 2. The number of anilines is 1. The summed E-state index contributed by atoms with van der Waals surface area (Å²) in [6, 6.07) is 23.0. The number of carbonyl (C=O) groups is 1. The smallest absolute Gasteiger partial charge is 0.365 e. The molecule has 0 amide bonds. The van der Waals surface area contributed by atoms with Gasteiger partial charge in [0.2, 0.25) is 4.96 Å². The lowest BCUT2D eigenvalue weighted by molar-refractivity contribution is -0.160. The summed E-state index contributed by atoms with van der Waals surface area (Å²) in [5.74, 6) is -0.100. The average molecular weight is 638 g/mol. The van der Waals surface area contributed by atoms with Crippen LogP contribution in [-0.2, 0) is 9.47 Å². The van der Waals surface area contributed by atoms with Crippen LogP contribution in [0.3, 0.4) is 0 Å². The number of piperidine rings is 1. The molecule has 6 aromatic rings. The molecule has 0 N–H and O–H groups in total. The molecule has 0 bridgehead atoms. The van der Waals surface area contributed by atoms with Crippen LogP contribution in [0.4, 0.5) is 5.69 Å². The van der Waals surface area contributed by atoms with Gasteiger partial charge in [-0.2, -0.15) is 5.10 Å². The minimum Gasteiger partial charge on any atom is -0.372 e. The van der Waals surface area contributed by atoms with Crippen LogP contribution in [0.1, 0.15) is 43.0 Å². The molecule has 236 valence electrons. The van der Waals surface area contributed by atoms with Gasteiger partial charge in [-0.1, -0.05) is 53.8 Å². The van der Waals surface area contributed by atoms with E-state index in [1.807, 2.05) is 30.5 Å². The number of methoxy groups -OCH3 is 1. The highest BCUT2D eigenvalue weighted by molar-refractivity contribution is 7.19. The normalized spacial score (nSPS) is 14.7. The number of aromatic nitrogens is 6. The number of para-hydroxylation sites is 1. The Bertz CT molecular complexity index is 1890. The van der Waals surface area contributed by atoms with Gasteiger partial charge in [0.05, 0.1) is 17.5 Å². The third kappa shape index (κ3) is 6.23. The molecular weight excluding hydrogens is 602 g/mol. The van der Waals surface area contributed by atoms with Gasteiger partial charge in [0.1, 0.15) is 16.0 Å². The van der Waals surface area contributed by atoms with Crippen LogP contribution >= 0.6 is 11.3 Å². The van der Waals surface area contributed by atoms with Crippen molar-refractivity contribution in [2.45, 2.75) is 38.9 Å². The van der Waals surface area contributed by atoms with Crippen LogP contribution in [-0.4, -0.2) is 68.8 Å². The first-order chi connectivity index (χ1) is 22.6. The van der Waals surface area contributed by atoms with E-state index in [4.69, 9.17) is 24.4 Å². The maximum Gasteiger partial charge on any atom is 0.365 e. The molecule has 1 atom stereocenters. The third-order valence-electron chi connectivity index (χ3n) is 8.37. The van der Waals surface area contributed by atoms with E-state index < -0.39 is 5.97 Å². The Labute approximate surface area is 270 Å². The summed E-state index contributed by atoms with van der Waals surface area (Å²) in [5, 5.41) is 13.6. The number of ether oxygens (including phenoxy) is 2. The number of benzene rings is 3. The second-order valence-corrected chi connectivity index (χ2v) is 12.3. The maximum atomic E-state index is 12.7. The van der Waals surface area contributed by atoms with Crippen molar-refractivity contribution in [3.05, 3.63) is 84.6 Å². The molecule has 0 saturated carbocycles. The Balaban J connectivity index is 0.968. The number of nitrogens with zero attached hydrogens (tertiary/aromatic N) is 7. The predicted molar refractivity (Wildman–Crippen MR) is 177 cm³/mol. The van der Waals surface area contributed by atoms with Crippen molar-refractivity contribution < 1.29 is 19.1 Å². The summed E-state index contributed by atoms with van der Waals surface area (Å²) < 4.78 is 13.5. The van der Waals surface area contributed by atoms with E-state index in [1.54, 1.807) is 47.2 Å². The Morgan fingerprint density at radius 1 is 1.00 bits per heavy atom. The van der Waals surface area contributed by atoms with E-state index in [9.17, 15) is 4.79 Å². The first-order valence-corrected chi connectivity index (χ1v) is 16.4. The molecule has 12 heteroatoms. The highest BCUT2D eigenvalue weighted by Crippen LogP contribution is 2.32. The Hall–Kier alpha value is -4.65. The van der Waals surface area contributed by atoms with Crippen LogP contribution < -0.4 is 9.74 Å². The SMILES string of the molecule is CCCCOC(OC)C1CCN(c2ccc(-c3nn4cc(-c5ccc(C(=O)On6nnc7ccccc76)cc5)nc4s3)cc2)CC1. The number of hydrogen-bond acceptors (Lipinski definition) is 10. The molecule has 4 heterocycles. The van der Waals surface area contributed by atoms with Crippen molar-refractivity contribution >= 4 is 39.0 Å². The van der Waals surface area contributed by atoms with E-state index in [1.165, 1.54) is 5.69 Å². The lowest BCUT2D eigenvalue weighted by Crippen LogP contribution is -2.39. The first kappa shape index (κ1) is 30.0. The van der Waals surface area contributed by atoms with Crippen LogP contribution in [0, 0.1) is 5.92 Å². The summed E-state index contributed by atoms with van der Waals surface area (Å²) in [4.78, 5) is 27.3. The summed E-state index contributed by atoms with van der Waals surface area (Å²) in [6.07, 6.45) is 6.07. The summed E-state index contributed by atoms with van der Waals surface area (Å²) in [6.45, 7) is 4.90. The molecule has 7 rings (SSSR count). The highest BCUT2D eigenvalue weighted by Gasteiger charge is 2.27. The van der Waals surface area contributed by atoms with Crippen molar-refractivity contribution in [1.29, 1.82) is 0 Å². The molecule has 0 spiro atoms. The van der Waals surface area contributed by atoms with E-state index in [0.29, 0.717) is 22.5 Å². The molecule has 1 aliphatic rings. The van der Waals surface area contributed by atoms with E-state index in [-0.39, 0.29) is 6.29 Å². The van der Waals surface area contributed by atoms with Gasteiger partial charge >= 0.3 is 5.97 Å². The van der Waals surface area contributed by atoms with Crippen molar-refractivity contribution in [3.63, 3.8) is 0 Å². The predicted octanol–water partition coefficient (Wildman–Crippen LogP) is 6.14. The fraction of sp³-hybridized carbons (Fsp3) is 0.324. The number of imidazole rings is 1. The van der Waals surface area contributed by atoms with Gasteiger partial charge in [-0.15, -0.1) is 5.10 Å². The fourth-order valence-electron chi connectivity index (χ4n) is 5.76. The number of unbranched alkanes of at least 4 members (excludes halogenated alkanes) is 1. The molecule has 1 saturated heterocycles. The molecule has 1 unspecified atom stereocenters. The molecule has 46 heavy (non-hydrogen) atoms. The number of hydrogen-bond donors (Lipinski definition) is 0. The lowest BCUT2D eigenvalue weighted by atomic mass is 9.95. The van der Waals surface area contributed by atoms with Crippen molar-refractivity contribution in [2.75, 3.05) is 31.7 Å². The Morgan fingerprint density at radius 2 is 1.76 bits per heavy atom. The van der Waals surface area contributed by atoms with Crippen molar-refractivity contribution in [1.82, 2.24) is 29.8 Å². The largest absolute Gasteiger partial charge is 0.372 e. The summed E-state index contributed by atoms with van der Waals surface area (Å²) in [7, 11) is 1.75. The zero-order chi connectivity index (χ0) is 31.5. The molecule has 0 aliphatic carbocycles. The molecular formula is C34H35N7O4S. The van der Waals surface area contributed by atoms with Gasteiger partial charge in [-0.25, -0.2) is 14.3 Å². The Morgan fingerprint density at radius 3 is 2.50 bits per heavy atom. The molecule has 1 fully saturated rings. The van der Waals surface area contributed by atoms with Gasteiger partial charge in [-0.05, 0) is 73.0 Å². The first-order valence-electron chi connectivity index (χ1n) is 15.6. The van der Waals surface area contributed by atoms with Gasteiger partial charge < -0.3 is 19.2 Å². The Kier molecular flexibility index (Phi) is 8.73. The van der Waals surface area contributed by atoms with E-state index >= 15 is 0 Å². The standard InChI is InChI=1S/C34H35N7O4S/c1-3-4-21-44-33(43-2)26-17-19-39(20-18-26)27-15-13-24(14-16-27)31-37-40-22-29(35-34(40)46-31)23-9-11-25(12-10-23)32(42)45-41-30-8-6-5-7-28(30)36-38-41/h5-16,22,26,33H,3-4,17-21H2,1-2H3. The molecule has 3 aromatic heterocycles. The highest BCUT2D eigenvalue weighted by atomic mass is 32.1. The van der Waals surface area contributed by atoms with Crippen LogP contribution in [0.5, 0.6) is 0 Å². The fourth-order valence-corrected chi connectivity index (χ4v) is 6.65. The van der Waals surface area contributed by atoms with E-state index in [2.05, 4.69) is 46.4 Å². The minimum absolute atomic E-state index is 0.115. The summed E-state index contributed by atoms with van der Waals surface area (Å²) in [5.41, 5.74) is 5.59. The summed E-state index contributed by atoms with van der Waals surface area (Å²) >= 11 is 1.54. The van der Waals surface area contributed by atoms with E-state index in [0.717, 1.165) is 77.0 Å². The topological polar surface area (TPSA) is 109 Å². The van der Waals surface area contributed by atoms with Crippen molar-refractivity contribution in [2.24, 2.45) is 5.92 Å². The lowest BCUT2D eigenvalue weighted by Gasteiger charge is -2.36.